The van der Waals surface area contributed by atoms with Crippen molar-refractivity contribution in [3.05, 3.63) is 0 Å². The summed E-state index contributed by atoms with van der Waals surface area (Å²) in [5.74, 6) is 1.00. The number of ether oxygens (including phenoxy) is 2. The lowest BCUT2D eigenvalue weighted by molar-refractivity contribution is -0.249. The number of fused-ring (bicyclic) bond motifs is 5. The summed E-state index contributed by atoms with van der Waals surface area (Å²) in [4.78, 5) is 26.3. The Labute approximate surface area is 302 Å². The average molecular weight is 710 g/mol. The van der Waals surface area contributed by atoms with Crippen LogP contribution in [0.3, 0.4) is 0 Å². The number of aliphatic hydroxyl groups excluding tert-OH is 1. The Morgan fingerprint density at radius 2 is 1.53 bits per heavy atom. The van der Waals surface area contributed by atoms with Crippen LogP contribution in [0.1, 0.15) is 147 Å². The highest BCUT2D eigenvalue weighted by molar-refractivity contribution is 7.98. The molecule has 4 aliphatic carbocycles. The number of thioether (sulfide) groups is 1. The van der Waals surface area contributed by atoms with Crippen molar-refractivity contribution in [2.45, 2.75) is 182 Å². The molecule has 0 radical (unpaired) electrons. The second-order valence-corrected chi connectivity index (χ2v) is 20.7. The second kappa shape index (κ2) is 14.1. The Bertz CT molecular complexity index is 1190. The molecule has 8 nitrogen and oxygen atoms in total. The van der Waals surface area contributed by atoms with E-state index in [0.717, 1.165) is 51.4 Å². The highest BCUT2D eigenvalue weighted by Crippen LogP contribution is 2.76. The second-order valence-electron chi connectivity index (χ2n) is 19.7. The third kappa shape index (κ3) is 8.00. The van der Waals surface area contributed by atoms with Gasteiger partial charge < -0.3 is 30.1 Å². The predicted octanol–water partition coefficient (Wildman–Crippen LogP) is 7.89. The molecule has 1 amide bonds. The van der Waals surface area contributed by atoms with Crippen molar-refractivity contribution in [3.8, 4) is 0 Å². The lowest BCUT2D eigenvalue weighted by atomic mass is 9.35. The number of rotatable bonds is 11. The maximum atomic E-state index is 13.7. The van der Waals surface area contributed by atoms with Crippen molar-refractivity contribution in [1.82, 2.24) is 5.32 Å². The average Bonchev–Trinajstić information content (AvgIpc) is 3.33. The lowest BCUT2D eigenvalue weighted by Crippen LogP contribution is -2.67. The summed E-state index contributed by atoms with van der Waals surface area (Å²) in [6, 6.07) is -0.769. The summed E-state index contributed by atoms with van der Waals surface area (Å²) < 4.78 is 11.8. The molecular formula is C40H71NO7S. The number of amides is 1. The molecule has 4 rings (SSSR count). The highest BCUT2D eigenvalue weighted by atomic mass is 32.2. The Morgan fingerprint density at radius 1 is 0.898 bits per heavy atom. The number of carbonyl (C=O) groups excluding carboxylic acids is 2. The highest BCUT2D eigenvalue weighted by Gasteiger charge is 2.71. The van der Waals surface area contributed by atoms with Gasteiger partial charge in [-0.25, -0.2) is 9.59 Å². The van der Waals surface area contributed by atoms with E-state index in [2.05, 4.69) is 39.9 Å². The molecule has 4 fully saturated rings. The zero-order chi connectivity index (χ0) is 37.0. The molecule has 4 aliphatic rings. The van der Waals surface area contributed by atoms with Crippen LogP contribution >= 0.6 is 11.8 Å². The number of alkyl carbamates (subject to hydrolysis) is 1. The van der Waals surface area contributed by atoms with Crippen molar-refractivity contribution < 1.29 is 34.4 Å². The molecule has 0 unspecified atom stereocenters. The van der Waals surface area contributed by atoms with E-state index >= 15 is 0 Å². The lowest BCUT2D eigenvalue weighted by Gasteiger charge is -2.70. The molecule has 9 heteroatoms. The summed E-state index contributed by atoms with van der Waals surface area (Å²) in [6.45, 7) is 22.9. The molecule has 0 bridgehead atoms. The van der Waals surface area contributed by atoms with Crippen molar-refractivity contribution in [2.75, 3.05) is 12.0 Å². The van der Waals surface area contributed by atoms with Crippen molar-refractivity contribution in [1.29, 1.82) is 0 Å². The van der Waals surface area contributed by atoms with E-state index < -0.39 is 41.0 Å². The zero-order valence-corrected chi connectivity index (χ0v) is 33.7. The van der Waals surface area contributed by atoms with Crippen LogP contribution in [0.4, 0.5) is 4.79 Å². The van der Waals surface area contributed by atoms with Crippen molar-refractivity contribution >= 4 is 23.8 Å². The topological polar surface area (TPSA) is 125 Å². The van der Waals surface area contributed by atoms with Gasteiger partial charge in [0.05, 0.1) is 17.3 Å². The van der Waals surface area contributed by atoms with Crippen LogP contribution in [-0.4, -0.2) is 74.4 Å². The first-order chi connectivity index (χ1) is 22.3. The first-order valence-electron chi connectivity index (χ1n) is 19.1. The fraction of sp³-hybridized carbons (Fsp3) is 0.950. The maximum absolute atomic E-state index is 13.7. The molecule has 0 saturated heterocycles. The number of hydrogen-bond donors (Lipinski definition) is 4. The van der Waals surface area contributed by atoms with Gasteiger partial charge in [0.15, 0.2) is 0 Å². The van der Waals surface area contributed by atoms with E-state index in [0.29, 0.717) is 36.9 Å². The standard InChI is InChI=1S/C40H71NO7S/c1-34(2,3)48-33(44)41-26(17-23-49-12)32(43)47-30-16-20-37(8)28(36(30,6)7)15-22-38(9)29(37)24-27(42)31-25(14-21-39(31,38)10)40(11,46)19-13-18-35(4,5)45/h25-31,42,45-46H,13-24H2,1-12H3,(H,41,44)/t25-,26-,27+,28-,29+,30-,31-,37-,38+,39+,40+/m0/s1. The van der Waals surface area contributed by atoms with Gasteiger partial charge >= 0.3 is 12.1 Å². The van der Waals surface area contributed by atoms with Crippen LogP contribution < -0.4 is 5.32 Å². The van der Waals surface area contributed by atoms with E-state index in [4.69, 9.17) is 9.47 Å². The Hall–Kier alpha value is -1.03. The molecule has 11 atom stereocenters. The van der Waals surface area contributed by atoms with Gasteiger partial charge in [0, 0.05) is 5.41 Å². The minimum atomic E-state index is -0.894. The Morgan fingerprint density at radius 3 is 2.12 bits per heavy atom. The smallest absolute Gasteiger partial charge is 0.408 e. The van der Waals surface area contributed by atoms with Crippen LogP contribution in [0.15, 0.2) is 0 Å². The number of carbonyl (C=O) groups is 2. The van der Waals surface area contributed by atoms with Crippen LogP contribution in [-0.2, 0) is 14.3 Å². The van der Waals surface area contributed by atoms with Crippen LogP contribution in [0, 0.1) is 45.3 Å². The van der Waals surface area contributed by atoms with Crippen molar-refractivity contribution in [2.24, 2.45) is 45.3 Å². The molecule has 4 saturated carbocycles. The summed E-state index contributed by atoms with van der Waals surface area (Å²) >= 11 is 1.63. The molecule has 0 spiro atoms. The maximum Gasteiger partial charge on any atom is 0.408 e. The van der Waals surface area contributed by atoms with Gasteiger partial charge in [0.25, 0.3) is 0 Å². The monoisotopic (exact) mass is 709 g/mol. The van der Waals surface area contributed by atoms with Gasteiger partial charge in [-0.15, -0.1) is 0 Å². The molecule has 0 aromatic carbocycles. The molecule has 49 heavy (non-hydrogen) atoms. The largest absolute Gasteiger partial charge is 0.460 e. The van der Waals surface area contributed by atoms with E-state index in [1.807, 2.05) is 27.0 Å². The summed E-state index contributed by atoms with van der Waals surface area (Å²) in [5, 5.41) is 37.1. The van der Waals surface area contributed by atoms with Gasteiger partial charge in [-0.1, -0.05) is 34.6 Å². The number of hydrogen-bond acceptors (Lipinski definition) is 8. The Kier molecular flexibility index (Phi) is 11.7. The Balaban J connectivity index is 1.52. The van der Waals surface area contributed by atoms with Crippen molar-refractivity contribution in [3.63, 3.8) is 0 Å². The third-order valence-electron chi connectivity index (χ3n) is 14.4. The summed E-state index contributed by atoms with van der Waals surface area (Å²) in [5.41, 5.74) is -2.71. The van der Waals surface area contributed by atoms with Gasteiger partial charge in [-0.2, -0.15) is 11.8 Å². The van der Waals surface area contributed by atoms with Gasteiger partial charge in [0.1, 0.15) is 17.7 Å². The molecule has 4 N–H and O–H groups in total. The zero-order valence-electron chi connectivity index (χ0n) is 32.9. The van der Waals surface area contributed by atoms with Crippen LogP contribution in [0.25, 0.3) is 0 Å². The van der Waals surface area contributed by atoms with E-state index in [1.54, 1.807) is 32.5 Å². The van der Waals surface area contributed by atoms with Gasteiger partial charge in [-0.3, -0.25) is 0 Å². The normalized spacial score (nSPS) is 39.1. The van der Waals surface area contributed by atoms with E-state index in [9.17, 15) is 24.9 Å². The molecule has 0 aromatic heterocycles. The molecular weight excluding hydrogens is 639 g/mol. The quantitative estimate of drug-likeness (QED) is 0.160. The molecule has 0 aliphatic heterocycles. The molecule has 0 heterocycles. The minimum absolute atomic E-state index is 0.0138. The summed E-state index contributed by atoms with van der Waals surface area (Å²) in [6.07, 6.45) is 9.50. The van der Waals surface area contributed by atoms with E-state index in [-0.39, 0.29) is 39.6 Å². The van der Waals surface area contributed by atoms with Gasteiger partial charge in [-0.05, 0) is 164 Å². The SMILES string of the molecule is CSCC[C@H](NC(=O)OC(C)(C)C)C(=O)O[C@H]1CC[C@]2(C)[C@H]3C[C@@H](O)[C@@H]4[C@@H]([C@](C)(O)CCCC(C)(C)O)CC[C@@]4(C)[C@]3(C)CC[C@H]2C1(C)C. The van der Waals surface area contributed by atoms with E-state index in [1.165, 1.54) is 0 Å². The molecule has 284 valence electrons. The number of aliphatic hydroxyl groups is 3. The first-order valence-corrected chi connectivity index (χ1v) is 20.5. The fourth-order valence-corrected chi connectivity index (χ4v) is 12.3. The first kappa shape index (κ1) is 40.7. The van der Waals surface area contributed by atoms with Crippen LogP contribution in [0.2, 0.25) is 0 Å². The minimum Gasteiger partial charge on any atom is -0.460 e. The third-order valence-corrected chi connectivity index (χ3v) is 15.1. The number of nitrogens with one attached hydrogen (secondary N) is 1. The van der Waals surface area contributed by atoms with Crippen LogP contribution in [0.5, 0.6) is 0 Å². The number of esters is 1. The predicted molar refractivity (Wildman–Crippen MR) is 197 cm³/mol. The van der Waals surface area contributed by atoms with Gasteiger partial charge in [0.2, 0.25) is 0 Å². The fourth-order valence-electron chi connectivity index (χ4n) is 11.9. The molecule has 0 aromatic rings. The summed E-state index contributed by atoms with van der Waals surface area (Å²) in [7, 11) is 0.